The Hall–Kier alpha value is -2.67. The van der Waals surface area contributed by atoms with Gasteiger partial charge in [0.1, 0.15) is 34.5 Å². The Kier molecular flexibility index (Phi) is 4.85. The number of aryl methyl sites for hydroxylation is 3. The summed E-state index contributed by atoms with van der Waals surface area (Å²) in [4.78, 5) is 32.2. The number of thiophene rings is 1. The first kappa shape index (κ1) is 17.2. The summed E-state index contributed by atoms with van der Waals surface area (Å²) in [6.45, 7) is 5.80. The van der Waals surface area contributed by atoms with Crippen molar-refractivity contribution < 1.29 is 14.3 Å². The number of aromatic nitrogens is 2. The molecule has 0 atom stereocenters. The van der Waals surface area contributed by atoms with Gasteiger partial charge in [-0.2, -0.15) is 0 Å². The van der Waals surface area contributed by atoms with Crippen LogP contribution in [0.5, 0.6) is 5.75 Å². The summed E-state index contributed by atoms with van der Waals surface area (Å²) in [5.41, 5.74) is 1.46. The molecular weight excluding hydrogens is 340 g/mol. The van der Waals surface area contributed by atoms with Gasteiger partial charge in [0.15, 0.2) is 0 Å². The standard InChI is InChI=1S/C18H18N2O4S/c1-10-5-4-6-13(9-10)23-7-8-24-18(22)15-11(2)14-16(21)19-12(3)20-17(14)25-15/h4-6,9H,7-8H2,1-3H3,(H,19,20,21). The van der Waals surface area contributed by atoms with Crippen LogP contribution >= 0.6 is 11.3 Å². The van der Waals surface area contributed by atoms with E-state index < -0.39 is 5.97 Å². The molecule has 130 valence electrons. The van der Waals surface area contributed by atoms with Gasteiger partial charge in [-0.05, 0) is 44.0 Å². The number of rotatable bonds is 5. The SMILES string of the molecule is Cc1cccc(OCCOC(=O)c2sc3nc(C)[nH]c(=O)c3c2C)c1. The summed E-state index contributed by atoms with van der Waals surface area (Å²) in [7, 11) is 0. The largest absolute Gasteiger partial charge is 0.490 e. The smallest absolute Gasteiger partial charge is 0.348 e. The average Bonchev–Trinajstić information content (AvgIpc) is 2.88. The molecule has 2 aromatic heterocycles. The van der Waals surface area contributed by atoms with Gasteiger partial charge >= 0.3 is 5.97 Å². The van der Waals surface area contributed by atoms with Gasteiger partial charge in [0, 0.05) is 0 Å². The van der Waals surface area contributed by atoms with Gasteiger partial charge < -0.3 is 14.5 Å². The van der Waals surface area contributed by atoms with Crippen LogP contribution in [-0.4, -0.2) is 29.2 Å². The lowest BCUT2D eigenvalue weighted by Crippen LogP contribution is -2.13. The van der Waals surface area contributed by atoms with E-state index in [9.17, 15) is 9.59 Å². The number of H-pyrrole nitrogens is 1. The summed E-state index contributed by atoms with van der Waals surface area (Å²) < 4.78 is 10.8. The van der Waals surface area contributed by atoms with Crippen molar-refractivity contribution in [2.45, 2.75) is 20.8 Å². The summed E-state index contributed by atoms with van der Waals surface area (Å²) in [6.07, 6.45) is 0. The van der Waals surface area contributed by atoms with Crippen molar-refractivity contribution in [2.24, 2.45) is 0 Å². The molecule has 25 heavy (non-hydrogen) atoms. The highest BCUT2D eigenvalue weighted by Crippen LogP contribution is 2.27. The predicted molar refractivity (Wildman–Crippen MR) is 96.7 cm³/mol. The molecule has 0 amide bonds. The summed E-state index contributed by atoms with van der Waals surface area (Å²) >= 11 is 1.17. The van der Waals surface area contributed by atoms with E-state index in [1.807, 2.05) is 31.2 Å². The molecule has 3 aromatic rings. The fourth-order valence-corrected chi connectivity index (χ4v) is 3.63. The van der Waals surface area contributed by atoms with Gasteiger partial charge in [-0.3, -0.25) is 4.79 Å². The first-order valence-corrected chi connectivity index (χ1v) is 8.64. The Morgan fingerprint density at radius 1 is 1.24 bits per heavy atom. The molecule has 0 aliphatic rings. The average molecular weight is 358 g/mol. The number of carbonyl (C=O) groups excluding carboxylic acids is 1. The van der Waals surface area contributed by atoms with E-state index in [0.29, 0.717) is 26.5 Å². The van der Waals surface area contributed by atoms with E-state index in [-0.39, 0.29) is 18.8 Å². The molecule has 1 N–H and O–H groups in total. The molecule has 0 aliphatic heterocycles. The quantitative estimate of drug-likeness (QED) is 0.560. The maximum atomic E-state index is 12.3. The van der Waals surface area contributed by atoms with Crippen LogP contribution in [0, 0.1) is 20.8 Å². The van der Waals surface area contributed by atoms with E-state index in [1.165, 1.54) is 11.3 Å². The molecule has 0 fully saturated rings. The lowest BCUT2D eigenvalue weighted by molar-refractivity contribution is 0.0455. The number of nitrogens with zero attached hydrogens (tertiary/aromatic N) is 1. The molecule has 6 nitrogen and oxygen atoms in total. The number of fused-ring (bicyclic) bond motifs is 1. The Labute approximate surface area is 148 Å². The second-order valence-corrected chi connectivity index (χ2v) is 6.69. The van der Waals surface area contributed by atoms with Crippen LogP contribution in [0.15, 0.2) is 29.1 Å². The Balaban J connectivity index is 1.65. The molecular formula is C18H18N2O4S. The van der Waals surface area contributed by atoms with Crippen LogP contribution in [0.2, 0.25) is 0 Å². The minimum absolute atomic E-state index is 0.128. The third kappa shape index (κ3) is 3.71. The van der Waals surface area contributed by atoms with Crippen LogP contribution < -0.4 is 10.3 Å². The maximum absolute atomic E-state index is 12.3. The van der Waals surface area contributed by atoms with Crippen LogP contribution in [0.4, 0.5) is 0 Å². The minimum Gasteiger partial charge on any atom is -0.490 e. The number of hydrogen-bond donors (Lipinski definition) is 1. The van der Waals surface area contributed by atoms with Gasteiger partial charge in [-0.1, -0.05) is 12.1 Å². The second kappa shape index (κ2) is 7.06. The maximum Gasteiger partial charge on any atom is 0.348 e. The van der Waals surface area contributed by atoms with Crippen molar-refractivity contribution in [3.8, 4) is 5.75 Å². The van der Waals surface area contributed by atoms with Gasteiger partial charge in [0.2, 0.25) is 0 Å². The number of carbonyl (C=O) groups is 1. The Morgan fingerprint density at radius 2 is 2.04 bits per heavy atom. The lowest BCUT2D eigenvalue weighted by atomic mass is 10.2. The van der Waals surface area contributed by atoms with E-state index in [4.69, 9.17) is 9.47 Å². The Morgan fingerprint density at radius 3 is 2.80 bits per heavy atom. The zero-order chi connectivity index (χ0) is 18.0. The first-order chi connectivity index (χ1) is 12.0. The minimum atomic E-state index is -0.467. The van der Waals surface area contributed by atoms with Crippen molar-refractivity contribution in [1.29, 1.82) is 0 Å². The highest BCUT2D eigenvalue weighted by molar-refractivity contribution is 7.20. The van der Waals surface area contributed by atoms with Crippen LogP contribution in [0.3, 0.4) is 0 Å². The van der Waals surface area contributed by atoms with Gasteiger partial charge in [0.05, 0.1) is 5.39 Å². The highest BCUT2D eigenvalue weighted by atomic mass is 32.1. The molecule has 0 spiro atoms. The van der Waals surface area contributed by atoms with E-state index >= 15 is 0 Å². The lowest BCUT2D eigenvalue weighted by Gasteiger charge is -2.07. The number of esters is 1. The van der Waals surface area contributed by atoms with E-state index in [1.54, 1.807) is 13.8 Å². The van der Waals surface area contributed by atoms with E-state index in [0.717, 1.165) is 11.3 Å². The number of benzene rings is 1. The van der Waals surface area contributed by atoms with Crippen molar-refractivity contribution in [2.75, 3.05) is 13.2 Å². The van der Waals surface area contributed by atoms with Crippen LogP contribution in [0.25, 0.3) is 10.2 Å². The Bertz CT molecular complexity index is 990. The number of aromatic amines is 1. The van der Waals surface area contributed by atoms with E-state index in [2.05, 4.69) is 9.97 Å². The third-order valence-corrected chi connectivity index (χ3v) is 4.84. The molecule has 0 radical (unpaired) electrons. The predicted octanol–water partition coefficient (Wildman–Crippen LogP) is 3.15. The molecule has 2 heterocycles. The summed E-state index contributed by atoms with van der Waals surface area (Å²) in [5.74, 6) is 0.788. The highest BCUT2D eigenvalue weighted by Gasteiger charge is 2.20. The topological polar surface area (TPSA) is 81.3 Å². The van der Waals surface area contributed by atoms with Crippen molar-refractivity contribution in [3.05, 3.63) is 56.4 Å². The van der Waals surface area contributed by atoms with Crippen molar-refractivity contribution in [3.63, 3.8) is 0 Å². The third-order valence-electron chi connectivity index (χ3n) is 3.68. The van der Waals surface area contributed by atoms with Crippen molar-refractivity contribution in [1.82, 2.24) is 9.97 Å². The van der Waals surface area contributed by atoms with Gasteiger partial charge in [-0.15, -0.1) is 11.3 Å². The molecule has 0 aliphatic carbocycles. The number of hydrogen-bond acceptors (Lipinski definition) is 6. The van der Waals surface area contributed by atoms with Crippen LogP contribution in [0.1, 0.15) is 26.6 Å². The first-order valence-electron chi connectivity index (χ1n) is 7.82. The summed E-state index contributed by atoms with van der Waals surface area (Å²) in [6, 6.07) is 7.65. The molecule has 3 rings (SSSR count). The number of ether oxygens (including phenoxy) is 2. The molecule has 0 saturated heterocycles. The molecule has 0 unspecified atom stereocenters. The summed E-state index contributed by atoms with van der Waals surface area (Å²) in [5, 5.41) is 0.443. The molecule has 0 bridgehead atoms. The van der Waals surface area contributed by atoms with Gasteiger partial charge in [-0.25, -0.2) is 9.78 Å². The molecule has 0 saturated carbocycles. The van der Waals surface area contributed by atoms with Crippen LogP contribution in [-0.2, 0) is 4.74 Å². The zero-order valence-electron chi connectivity index (χ0n) is 14.2. The van der Waals surface area contributed by atoms with Gasteiger partial charge in [0.25, 0.3) is 5.56 Å². The molecule has 1 aromatic carbocycles. The fraction of sp³-hybridized carbons (Fsp3) is 0.278. The fourth-order valence-electron chi connectivity index (χ4n) is 2.51. The number of nitrogens with one attached hydrogen (secondary N) is 1. The monoisotopic (exact) mass is 358 g/mol. The normalized spacial score (nSPS) is 10.8. The molecule has 7 heteroatoms. The second-order valence-electron chi connectivity index (χ2n) is 5.69. The van der Waals surface area contributed by atoms with Crippen molar-refractivity contribution >= 4 is 27.5 Å². The zero-order valence-corrected chi connectivity index (χ0v) is 15.0.